The minimum atomic E-state index is -1.45. The van der Waals surface area contributed by atoms with Crippen molar-refractivity contribution in [2.24, 2.45) is 11.8 Å². The van der Waals surface area contributed by atoms with Crippen LogP contribution in [0.25, 0.3) is 11.1 Å². The first-order chi connectivity index (χ1) is 11.9. The third-order valence-corrected chi connectivity index (χ3v) is 6.52. The molecule has 0 heterocycles. The summed E-state index contributed by atoms with van der Waals surface area (Å²) in [5, 5.41) is 20.2. The van der Waals surface area contributed by atoms with E-state index in [4.69, 9.17) is 11.6 Å². The van der Waals surface area contributed by atoms with Gasteiger partial charge in [-0.05, 0) is 51.7 Å². The fourth-order valence-corrected chi connectivity index (χ4v) is 4.90. The van der Waals surface area contributed by atoms with E-state index in [9.17, 15) is 10.0 Å². The molecule has 2 atom stereocenters. The monoisotopic (exact) mass is 356 g/mol. The van der Waals surface area contributed by atoms with E-state index < -0.39 is 7.12 Å². The van der Waals surface area contributed by atoms with E-state index in [2.05, 4.69) is 39.8 Å². The molecule has 2 unspecified atom stereocenters. The average molecular weight is 357 g/mol. The van der Waals surface area contributed by atoms with Crippen LogP contribution in [0.1, 0.15) is 51.7 Å². The first-order valence-corrected chi connectivity index (χ1v) is 9.56. The lowest BCUT2D eigenvalue weighted by molar-refractivity contribution is 0.235. The number of hydrogen-bond donors (Lipinski definition) is 2. The van der Waals surface area contributed by atoms with Crippen molar-refractivity contribution < 1.29 is 10.0 Å². The van der Waals surface area contributed by atoms with Gasteiger partial charge in [0, 0.05) is 10.4 Å². The van der Waals surface area contributed by atoms with Crippen LogP contribution >= 0.6 is 11.6 Å². The van der Waals surface area contributed by atoms with E-state index in [0.717, 1.165) is 17.9 Å². The van der Waals surface area contributed by atoms with Crippen molar-refractivity contribution in [2.45, 2.75) is 46.0 Å². The number of halogens is 1. The maximum absolute atomic E-state index is 9.71. The fourth-order valence-electron chi connectivity index (χ4n) is 4.73. The lowest BCUT2D eigenvalue weighted by Crippen LogP contribution is -2.41. The molecule has 0 spiro atoms. The molecule has 0 amide bonds. The highest BCUT2D eigenvalue weighted by Gasteiger charge is 2.49. The number of benzene rings is 2. The molecule has 1 aliphatic carbocycles. The number of hydrogen-bond acceptors (Lipinski definition) is 2. The van der Waals surface area contributed by atoms with Crippen molar-refractivity contribution in [1.29, 1.82) is 0 Å². The molecule has 0 bridgehead atoms. The maximum Gasteiger partial charge on any atom is 0.488 e. The van der Waals surface area contributed by atoms with Crippen LogP contribution in [0.2, 0.25) is 5.02 Å². The fraction of sp³-hybridized carbons (Fsp3) is 0.429. The molecular formula is C21H26BClO2. The molecule has 0 aliphatic heterocycles. The van der Waals surface area contributed by atoms with E-state index in [1.807, 2.05) is 24.3 Å². The Morgan fingerprint density at radius 3 is 1.96 bits per heavy atom. The molecule has 1 aliphatic rings. The largest absolute Gasteiger partial charge is 0.488 e. The Balaban J connectivity index is 2.40. The normalized spacial score (nSPS) is 20.8. The Bertz CT molecular complexity index is 777. The van der Waals surface area contributed by atoms with Gasteiger partial charge < -0.3 is 10.0 Å². The van der Waals surface area contributed by atoms with Crippen molar-refractivity contribution in [1.82, 2.24) is 0 Å². The molecule has 132 valence electrons. The van der Waals surface area contributed by atoms with Crippen LogP contribution in [0.5, 0.6) is 0 Å². The van der Waals surface area contributed by atoms with Gasteiger partial charge in [0.2, 0.25) is 0 Å². The molecule has 2 nitrogen and oxygen atoms in total. The second kappa shape index (κ2) is 6.79. The van der Waals surface area contributed by atoms with Gasteiger partial charge in [0.1, 0.15) is 0 Å². The van der Waals surface area contributed by atoms with Gasteiger partial charge in [0.25, 0.3) is 0 Å². The van der Waals surface area contributed by atoms with Gasteiger partial charge in [0.15, 0.2) is 0 Å². The zero-order chi connectivity index (χ0) is 18.4. The summed E-state index contributed by atoms with van der Waals surface area (Å²) in [6, 6.07) is 12.0. The summed E-state index contributed by atoms with van der Waals surface area (Å²) in [5.74, 6) is 0.819. The van der Waals surface area contributed by atoms with Crippen LogP contribution in [-0.2, 0) is 5.41 Å². The van der Waals surface area contributed by atoms with Crippen LogP contribution in [0.15, 0.2) is 36.4 Å². The van der Waals surface area contributed by atoms with Crippen LogP contribution in [-0.4, -0.2) is 17.2 Å². The van der Waals surface area contributed by atoms with Crippen LogP contribution in [0.3, 0.4) is 0 Å². The topological polar surface area (TPSA) is 40.5 Å². The zero-order valence-electron chi connectivity index (χ0n) is 15.4. The SMILES string of the molecule is CCC(C)C1(C(C)CC)c2cc(Cl)ccc2-c2ccc(B(O)O)cc21. The summed E-state index contributed by atoms with van der Waals surface area (Å²) in [6.45, 7) is 9.05. The van der Waals surface area contributed by atoms with Crippen molar-refractivity contribution in [3.8, 4) is 11.1 Å². The number of rotatable bonds is 5. The predicted octanol–water partition coefficient (Wildman–Crippen LogP) is 4.38. The Kier molecular flexibility index (Phi) is 5.03. The molecule has 2 aromatic carbocycles. The van der Waals surface area contributed by atoms with E-state index in [0.29, 0.717) is 17.3 Å². The van der Waals surface area contributed by atoms with E-state index >= 15 is 0 Å². The van der Waals surface area contributed by atoms with Gasteiger partial charge in [-0.25, -0.2) is 0 Å². The van der Waals surface area contributed by atoms with E-state index in [-0.39, 0.29) is 5.41 Å². The summed E-state index contributed by atoms with van der Waals surface area (Å²) in [7, 11) is -1.45. The molecule has 3 rings (SSSR count). The Morgan fingerprint density at radius 2 is 1.44 bits per heavy atom. The van der Waals surface area contributed by atoms with Crippen molar-refractivity contribution in [3.63, 3.8) is 0 Å². The van der Waals surface area contributed by atoms with E-state index in [1.54, 1.807) is 0 Å². The van der Waals surface area contributed by atoms with Crippen LogP contribution in [0.4, 0.5) is 0 Å². The second-order valence-electron chi connectivity index (χ2n) is 7.36. The number of fused-ring (bicyclic) bond motifs is 3. The Hall–Kier alpha value is -1.29. The molecule has 0 aromatic heterocycles. The highest BCUT2D eigenvalue weighted by atomic mass is 35.5. The van der Waals surface area contributed by atoms with Gasteiger partial charge in [-0.3, -0.25) is 0 Å². The van der Waals surface area contributed by atoms with Crippen LogP contribution < -0.4 is 5.46 Å². The molecule has 2 aromatic rings. The summed E-state index contributed by atoms with van der Waals surface area (Å²) < 4.78 is 0. The lowest BCUT2D eigenvalue weighted by Gasteiger charge is -2.43. The highest BCUT2D eigenvalue weighted by molar-refractivity contribution is 6.58. The maximum atomic E-state index is 9.71. The summed E-state index contributed by atoms with van der Waals surface area (Å²) in [5.41, 5.74) is 5.29. The first-order valence-electron chi connectivity index (χ1n) is 9.18. The van der Waals surface area contributed by atoms with Gasteiger partial charge in [-0.2, -0.15) is 0 Å². The van der Waals surface area contributed by atoms with Gasteiger partial charge >= 0.3 is 7.12 Å². The summed E-state index contributed by atoms with van der Waals surface area (Å²) >= 11 is 6.39. The molecule has 25 heavy (non-hydrogen) atoms. The minimum absolute atomic E-state index is 0.163. The molecule has 0 saturated carbocycles. The second-order valence-corrected chi connectivity index (χ2v) is 7.79. The quantitative estimate of drug-likeness (QED) is 0.781. The van der Waals surface area contributed by atoms with Crippen molar-refractivity contribution in [2.75, 3.05) is 0 Å². The average Bonchev–Trinajstić information content (AvgIpc) is 2.89. The lowest BCUT2D eigenvalue weighted by atomic mass is 9.59. The summed E-state index contributed by atoms with van der Waals surface area (Å²) in [6.07, 6.45) is 2.09. The van der Waals surface area contributed by atoms with Crippen molar-refractivity contribution in [3.05, 3.63) is 52.5 Å². The van der Waals surface area contributed by atoms with E-state index in [1.165, 1.54) is 22.3 Å². The molecule has 0 radical (unpaired) electrons. The molecule has 2 N–H and O–H groups in total. The van der Waals surface area contributed by atoms with Gasteiger partial charge in [0.05, 0.1) is 0 Å². The first kappa shape index (κ1) is 18.5. The van der Waals surface area contributed by atoms with Crippen molar-refractivity contribution >= 4 is 24.2 Å². The molecule has 4 heteroatoms. The Morgan fingerprint density at radius 1 is 0.920 bits per heavy atom. The third kappa shape index (κ3) is 2.64. The van der Waals surface area contributed by atoms with Crippen LogP contribution in [0, 0.1) is 11.8 Å². The molecule has 0 fully saturated rings. The predicted molar refractivity (Wildman–Crippen MR) is 106 cm³/mol. The van der Waals surface area contributed by atoms with Gasteiger partial charge in [-0.1, -0.05) is 76.4 Å². The minimum Gasteiger partial charge on any atom is -0.423 e. The smallest absolute Gasteiger partial charge is 0.423 e. The third-order valence-electron chi connectivity index (χ3n) is 6.28. The zero-order valence-corrected chi connectivity index (χ0v) is 16.1. The summed E-state index contributed by atoms with van der Waals surface area (Å²) in [4.78, 5) is 0. The Labute approximate surface area is 156 Å². The van der Waals surface area contributed by atoms with Gasteiger partial charge in [-0.15, -0.1) is 0 Å². The molecular weight excluding hydrogens is 330 g/mol. The standard InChI is InChI=1S/C21H26BClO2/c1-5-13(3)21(14(4)6-2)19-11-15(22(24)25)7-9-17(19)18-10-8-16(23)12-20(18)21/h7-14,24-25H,5-6H2,1-4H3. The highest BCUT2D eigenvalue weighted by Crippen LogP contribution is 2.58. The molecule has 0 saturated heterocycles.